The molecule has 51 valence electrons. The lowest BCUT2D eigenvalue weighted by Crippen LogP contribution is -2.15. The molecule has 0 aromatic rings. The molecule has 0 aromatic carbocycles. The monoisotopic (exact) mass is 127 g/mol. The van der Waals surface area contributed by atoms with Crippen LogP contribution in [-0.4, -0.2) is 5.97 Å². The Bertz CT molecular complexity index is 103. The summed E-state index contributed by atoms with van der Waals surface area (Å²) in [6, 6.07) is 0. The van der Waals surface area contributed by atoms with Crippen molar-refractivity contribution in [2.75, 3.05) is 0 Å². The molecule has 0 unspecified atom stereocenters. The number of hydrogen-bond acceptors (Lipinski definition) is 1. The molecule has 0 amide bonds. The lowest BCUT2D eigenvalue weighted by Gasteiger charge is -2.15. The van der Waals surface area contributed by atoms with Crippen LogP contribution in [0.1, 0.15) is 32.1 Å². The maximum absolute atomic E-state index is 10.2. The topological polar surface area (TPSA) is 37.0 Å². The van der Waals surface area contributed by atoms with Gasteiger partial charge in [0, 0.05) is 0 Å². The van der Waals surface area contributed by atoms with Crippen LogP contribution in [0.5, 0.6) is 0 Å². The Morgan fingerprint density at radius 2 is 1.67 bits per heavy atom. The Hall–Kier alpha value is -0.530. The fourth-order valence-electron chi connectivity index (χ4n) is 1.34. The van der Waals surface area contributed by atoms with Gasteiger partial charge in [-0.25, -0.2) is 9.90 Å². The lowest BCUT2D eigenvalue weighted by molar-refractivity contribution is -0.149. The van der Waals surface area contributed by atoms with Gasteiger partial charge in [-0.2, -0.15) is 0 Å². The molecule has 1 aliphatic carbocycles. The SMILES string of the molecule is [O]C(=O)C1CCCCC1. The maximum Gasteiger partial charge on any atom is 0.358 e. The molecular formula is C7H11O2. The number of carbonyl (C=O) groups excluding carboxylic acids is 1. The maximum atomic E-state index is 10.2. The predicted octanol–water partition coefficient (Wildman–Crippen LogP) is 1.52. The van der Waals surface area contributed by atoms with Crippen molar-refractivity contribution in [3.8, 4) is 0 Å². The van der Waals surface area contributed by atoms with E-state index in [2.05, 4.69) is 0 Å². The first-order chi connectivity index (χ1) is 4.30. The summed E-state index contributed by atoms with van der Waals surface area (Å²) < 4.78 is 0. The summed E-state index contributed by atoms with van der Waals surface area (Å²) >= 11 is 0. The fourth-order valence-corrected chi connectivity index (χ4v) is 1.34. The van der Waals surface area contributed by atoms with E-state index in [4.69, 9.17) is 0 Å². The summed E-state index contributed by atoms with van der Waals surface area (Å²) in [6.07, 6.45) is 5.01. The van der Waals surface area contributed by atoms with Crippen LogP contribution in [-0.2, 0) is 9.90 Å². The second-order valence-electron chi connectivity index (χ2n) is 2.65. The molecule has 1 rings (SSSR count). The standard InChI is InChI=1S/C7H11O2/c8-7(9)6-4-2-1-3-5-6/h6H,1-5H2. The summed E-state index contributed by atoms with van der Waals surface area (Å²) in [6.45, 7) is 0. The average Bonchev–Trinajstić information content (AvgIpc) is 1.90. The van der Waals surface area contributed by atoms with Gasteiger partial charge in [-0.1, -0.05) is 19.3 Å². The average molecular weight is 127 g/mol. The number of carbonyl (C=O) groups is 1. The van der Waals surface area contributed by atoms with E-state index in [9.17, 15) is 9.90 Å². The molecule has 0 heterocycles. The molecule has 1 fully saturated rings. The quantitative estimate of drug-likeness (QED) is 0.526. The fraction of sp³-hybridized carbons (Fsp3) is 0.857. The Kier molecular flexibility index (Phi) is 2.09. The van der Waals surface area contributed by atoms with Gasteiger partial charge >= 0.3 is 5.97 Å². The highest BCUT2D eigenvalue weighted by atomic mass is 16.4. The van der Waals surface area contributed by atoms with E-state index in [1.165, 1.54) is 6.42 Å². The van der Waals surface area contributed by atoms with Gasteiger partial charge in [0.05, 0.1) is 5.92 Å². The lowest BCUT2D eigenvalue weighted by atomic mass is 9.90. The molecule has 1 radical (unpaired) electrons. The summed E-state index contributed by atoms with van der Waals surface area (Å²) in [7, 11) is 0. The molecule has 0 N–H and O–H groups in total. The summed E-state index contributed by atoms with van der Waals surface area (Å²) in [5.41, 5.74) is 0. The highest BCUT2D eigenvalue weighted by Crippen LogP contribution is 2.23. The van der Waals surface area contributed by atoms with Crippen LogP contribution in [0.3, 0.4) is 0 Å². The third-order valence-corrected chi connectivity index (χ3v) is 1.94. The van der Waals surface area contributed by atoms with E-state index < -0.39 is 5.97 Å². The van der Waals surface area contributed by atoms with Crippen LogP contribution in [0.4, 0.5) is 0 Å². The first kappa shape index (κ1) is 6.59. The smallest absolute Gasteiger partial charge is 0.247 e. The van der Waals surface area contributed by atoms with Gasteiger partial charge in [0.15, 0.2) is 0 Å². The Balaban J connectivity index is 2.31. The van der Waals surface area contributed by atoms with Crippen LogP contribution in [0.25, 0.3) is 0 Å². The van der Waals surface area contributed by atoms with Crippen molar-refractivity contribution >= 4 is 5.97 Å². The first-order valence-corrected chi connectivity index (χ1v) is 3.51. The molecule has 1 saturated carbocycles. The summed E-state index contributed by atoms with van der Waals surface area (Å²) in [5.74, 6) is -0.992. The summed E-state index contributed by atoms with van der Waals surface area (Å²) in [4.78, 5) is 10.2. The highest BCUT2D eigenvalue weighted by Gasteiger charge is 2.21. The van der Waals surface area contributed by atoms with Gasteiger partial charge in [0.1, 0.15) is 0 Å². The van der Waals surface area contributed by atoms with E-state index in [0.29, 0.717) is 0 Å². The molecule has 0 saturated heterocycles. The molecule has 2 heteroatoms. The van der Waals surface area contributed by atoms with Gasteiger partial charge in [-0.05, 0) is 12.8 Å². The molecule has 1 aliphatic rings. The van der Waals surface area contributed by atoms with Crippen molar-refractivity contribution in [2.45, 2.75) is 32.1 Å². The van der Waals surface area contributed by atoms with Crippen molar-refractivity contribution in [1.82, 2.24) is 0 Å². The van der Waals surface area contributed by atoms with Gasteiger partial charge in [-0.15, -0.1) is 0 Å². The van der Waals surface area contributed by atoms with Crippen LogP contribution < -0.4 is 0 Å². The molecule has 0 atom stereocenters. The Labute approximate surface area is 54.9 Å². The minimum Gasteiger partial charge on any atom is -0.247 e. The third-order valence-electron chi connectivity index (χ3n) is 1.94. The van der Waals surface area contributed by atoms with E-state index in [1.807, 2.05) is 0 Å². The van der Waals surface area contributed by atoms with Gasteiger partial charge in [0.25, 0.3) is 0 Å². The predicted molar refractivity (Wildman–Crippen MR) is 32.3 cm³/mol. The minimum atomic E-state index is -0.852. The number of hydrogen-bond donors (Lipinski definition) is 0. The summed E-state index contributed by atoms with van der Waals surface area (Å²) in [5, 5.41) is 10.2. The highest BCUT2D eigenvalue weighted by molar-refractivity contribution is 5.69. The number of rotatable bonds is 1. The second-order valence-corrected chi connectivity index (χ2v) is 2.65. The zero-order valence-electron chi connectivity index (χ0n) is 5.43. The van der Waals surface area contributed by atoms with Crippen molar-refractivity contribution < 1.29 is 9.90 Å². The largest absolute Gasteiger partial charge is 0.358 e. The minimum absolute atomic E-state index is 0.140. The van der Waals surface area contributed by atoms with Crippen LogP contribution in [0, 0.1) is 5.92 Å². The van der Waals surface area contributed by atoms with Crippen LogP contribution in [0.2, 0.25) is 0 Å². The molecule has 0 spiro atoms. The zero-order valence-corrected chi connectivity index (χ0v) is 5.43. The molecule has 0 aromatic heterocycles. The molecule has 9 heavy (non-hydrogen) atoms. The van der Waals surface area contributed by atoms with Crippen molar-refractivity contribution in [2.24, 2.45) is 5.92 Å². The van der Waals surface area contributed by atoms with Crippen LogP contribution >= 0.6 is 0 Å². The molecule has 0 bridgehead atoms. The van der Waals surface area contributed by atoms with Crippen molar-refractivity contribution in [1.29, 1.82) is 0 Å². The Morgan fingerprint density at radius 3 is 2.00 bits per heavy atom. The van der Waals surface area contributed by atoms with E-state index >= 15 is 0 Å². The molecule has 2 nitrogen and oxygen atoms in total. The second kappa shape index (κ2) is 2.85. The zero-order chi connectivity index (χ0) is 6.69. The third kappa shape index (κ3) is 1.70. The molecule has 0 aliphatic heterocycles. The van der Waals surface area contributed by atoms with E-state index in [0.717, 1.165) is 25.7 Å². The van der Waals surface area contributed by atoms with E-state index in [1.54, 1.807) is 0 Å². The first-order valence-electron chi connectivity index (χ1n) is 3.51. The normalized spacial score (nSPS) is 21.8. The van der Waals surface area contributed by atoms with E-state index in [-0.39, 0.29) is 5.92 Å². The van der Waals surface area contributed by atoms with Crippen LogP contribution in [0.15, 0.2) is 0 Å². The van der Waals surface area contributed by atoms with Gasteiger partial charge in [-0.3, -0.25) is 0 Å². The van der Waals surface area contributed by atoms with Gasteiger partial charge < -0.3 is 0 Å². The Morgan fingerprint density at radius 1 is 1.11 bits per heavy atom. The molecular weight excluding hydrogens is 116 g/mol. The van der Waals surface area contributed by atoms with Gasteiger partial charge in [0.2, 0.25) is 0 Å². The van der Waals surface area contributed by atoms with Crippen molar-refractivity contribution in [3.63, 3.8) is 0 Å². The van der Waals surface area contributed by atoms with Crippen molar-refractivity contribution in [3.05, 3.63) is 0 Å².